The molecule has 1 N–H and O–H groups in total. The van der Waals surface area contributed by atoms with Crippen molar-refractivity contribution < 1.29 is 0 Å². The number of nitriles is 1. The fourth-order valence-corrected chi connectivity index (χ4v) is 2.00. The Labute approximate surface area is 123 Å². The number of rotatable bonds is 6. The summed E-state index contributed by atoms with van der Waals surface area (Å²) in [6.07, 6.45) is 2.31. The first-order valence-corrected chi connectivity index (χ1v) is 7.36. The Kier molecular flexibility index (Phi) is 6.04. The fourth-order valence-electron chi connectivity index (χ4n) is 2.00. The second-order valence-corrected chi connectivity index (χ2v) is 6.34. The lowest BCUT2D eigenvalue weighted by atomic mass is 10.1. The normalized spacial score (nSPS) is 11.2. The van der Waals surface area contributed by atoms with E-state index in [2.05, 4.69) is 63.2 Å². The molecule has 3 heteroatoms. The summed E-state index contributed by atoms with van der Waals surface area (Å²) in [5.74, 6) is 0. The van der Waals surface area contributed by atoms with Crippen molar-refractivity contribution in [2.24, 2.45) is 0 Å². The van der Waals surface area contributed by atoms with Crippen LogP contribution < -0.4 is 10.2 Å². The van der Waals surface area contributed by atoms with Gasteiger partial charge in [0, 0.05) is 25.7 Å². The van der Waals surface area contributed by atoms with E-state index >= 15 is 0 Å². The molecular formula is C17H27N3. The highest BCUT2D eigenvalue weighted by atomic mass is 15.1. The summed E-state index contributed by atoms with van der Waals surface area (Å²) >= 11 is 0. The minimum atomic E-state index is 0.0867. The summed E-state index contributed by atoms with van der Waals surface area (Å²) in [5.41, 5.74) is 3.03. The maximum absolute atomic E-state index is 9.35. The van der Waals surface area contributed by atoms with E-state index in [1.54, 1.807) is 0 Å². The van der Waals surface area contributed by atoms with Gasteiger partial charge in [-0.1, -0.05) is 19.4 Å². The third kappa shape index (κ3) is 5.22. The van der Waals surface area contributed by atoms with Crippen LogP contribution in [0.5, 0.6) is 0 Å². The Bertz CT molecular complexity index is 466. The third-order valence-electron chi connectivity index (χ3n) is 3.26. The molecule has 0 fully saturated rings. The molecule has 0 saturated carbocycles. The van der Waals surface area contributed by atoms with Gasteiger partial charge < -0.3 is 10.2 Å². The topological polar surface area (TPSA) is 39.1 Å². The predicted octanol–water partition coefficient (Wildman–Crippen LogP) is 3.68. The first kappa shape index (κ1) is 16.5. The third-order valence-corrected chi connectivity index (χ3v) is 3.26. The predicted molar refractivity (Wildman–Crippen MR) is 85.9 cm³/mol. The van der Waals surface area contributed by atoms with Crippen molar-refractivity contribution in [1.29, 1.82) is 5.26 Å². The van der Waals surface area contributed by atoms with E-state index in [0.717, 1.165) is 36.3 Å². The van der Waals surface area contributed by atoms with Crippen LogP contribution in [0.25, 0.3) is 0 Å². The van der Waals surface area contributed by atoms with Crippen LogP contribution in [0.4, 0.5) is 5.69 Å². The Morgan fingerprint density at radius 2 is 2.00 bits per heavy atom. The summed E-state index contributed by atoms with van der Waals surface area (Å²) in [4.78, 5) is 2.17. The van der Waals surface area contributed by atoms with Gasteiger partial charge in [0.25, 0.3) is 0 Å². The molecule has 0 heterocycles. The molecule has 0 unspecified atom stereocenters. The second kappa shape index (κ2) is 7.31. The van der Waals surface area contributed by atoms with Crippen LogP contribution in [-0.2, 0) is 6.54 Å². The standard InChI is InChI=1S/C17H27N3/c1-6-7-10-20(5)16-9-8-14(11-15(16)12-18)13-19-17(2,3)4/h8-9,11,19H,6-7,10,13H2,1-5H3. The van der Waals surface area contributed by atoms with Crippen molar-refractivity contribution in [2.45, 2.75) is 52.6 Å². The quantitative estimate of drug-likeness (QED) is 0.859. The van der Waals surface area contributed by atoms with Crippen molar-refractivity contribution >= 4 is 5.69 Å². The first-order chi connectivity index (χ1) is 9.37. The molecule has 20 heavy (non-hydrogen) atoms. The summed E-state index contributed by atoms with van der Waals surface area (Å²) in [6, 6.07) is 8.49. The number of nitrogens with one attached hydrogen (secondary N) is 1. The zero-order valence-electron chi connectivity index (χ0n) is 13.5. The fraction of sp³-hybridized carbons (Fsp3) is 0.588. The molecule has 110 valence electrons. The Hall–Kier alpha value is -1.53. The molecule has 0 saturated heterocycles. The van der Waals surface area contributed by atoms with Crippen LogP contribution in [-0.4, -0.2) is 19.1 Å². The average Bonchev–Trinajstić information content (AvgIpc) is 2.41. The van der Waals surface area contributed by atoms with Crippen LogP contribution in [0.3, 0.4) is 0 Å². The van der Waals surface area contributed by atoms with Crippen molar-refractivity contribution in [3.05, 3.63) is 29.3 Å². The average molecular weight is 273 g/mol. The molecule has 1 aromatic rings. The van der Waals surface area contributed by atoms with E-state index in [1.165, 1.54) is 6.42 Å². The van der Waals surface area contributed by atoms with E-state index < -0.39 is 0 Å². The van der Waals surface area contributed by atoms with Gasteiger partial charge in [0.1, 0.15) is 6.07 Å². The number of nitrogens with zero attached hydrogens (tertiary/aromatic N) is 2. The molecule has 0 radical (unpaired) electrons. The van der Waals surface area contributed by atoms with Gasteiger partial charge in [-0.3, -0.25) is 0 Å². The molecule has 1 aromatic carbocycles. The van der Waals surface area contributed by atoms with Gasteiger partial charge in [0.05, 0.1) is 11.3 Å². The zero-order chi connectivity index (χ0) is 15.2. The minimum Gasteiger partial charge on any atom is -0.374 e. The minimum absolute atomic E-state index is 0.0867. The summed E-state index contributed by atoms with van der Waals surface area (Å²) < 4.78 is 0. The molecule has 0 aliphatic carbocycles. The molecule has 0 bridgehead atoms. The molecule has 1 rings (SSSR count). The van der Waals surface area contributed by atoms with Gasteiger partial charge in [-0.05, 0) is 44.9 Å². The van der Waals surface area contributed by atoms with Crippen LogP contribution in [0.15, 0.2) is 18.2 Å². The largest absolute Gasteiger partial charge is 0.374 e. The van der Waals surface area contributed by atoms with Crippen molar-refractivity contribution in [1.82, 2.24) is 5.32 Å². The molecule has 0 spiro atoms. The highest BCUT2D eigenvalue weighted by Crippen LogP contribution is 2.21. The number of benzene rings is 1. The highest BCUT2D eigenvalue weighted by molar-refractivity contribution is 5.60. The van der Waals surface area contributed by atoms with Gasteiger partial charge in [-0.15, -0.1) is 0 Å². The Morgan fingerprint density at radius 3 is 2.55 bits per heavy atom. The van der Waals surface area contributed by atoms with Gasteiger partial charge in [0.15, 0.2) is 0 Å². The molecular weight excluding hydrogens is 246 g/mol. The summed E-state index contributed by atoms with van der Waals surface area (Å²) in [5, 5.41) is 12.8. The lowest BCUT2D eigenvalue weighted by Gasteiger charge is -2.23. The number of hydrogen-bond acceptors (Lipinski definition) is 3. The van der Waals surface area contributed by atoms with Crippen LogP contribution in [0, 0.1) is 11.3 Å². The molecule has 0 aromatic heterocycles. The smallest absolute Gasteiger partial charge is 0.101 e. The highest BCUT2D eigenvalue weighted by Gasteiger charge is 2.11. The van der Waals surface area contributed by atoms with E-state index in [-0.39, 0.29) is 5.54 Å². The zero-order valence-corrected chi connectivity index (χ0v) is 13.5. The van der Waals surface area contributed by atoms with Crippen molar-refractivity contribution in [3.63, 3.8) is 0 Å². The maximum Gasteiger partial charge on any atom is 0.101 e. The lowest BCUT2D eigenvalue weighted by Crippen LogP contribution is -2.35. The van der Waals surface area contributed by atoms with Crippen molar-refractivity contribution in [2.75, 3.05) is 18.5 Å². The van der Waals surface area contributed by atoms with Gasteiger partial charge in [-0.25, -0.2) is 0 Å². The monoisotopic (exact) mass is 273 g/mol. The van der Waals surface area contributed by atoms with Crippen LogP contribution in [0.2, 0.25) is 0 Å². The number of unbranched alkanes of at least 4 members (excludes halogenated alkanes) is 1. The van der Waals surface area contributed by atoms with E-state index in [0.29, 0.717) is 0 Å². The molecule has 0 aliphatic rings. The SMILES string of the molecule is CCCCN(C)c1ccc(CNC(C)(C)C)cc1C#N. The maximum atomic E-state index is 9.35. The van der Waals surface area contributed by atoms with Crippen molar-refractivity contribution in [3.8, 4) is 6.07 Å². The summed E-state index contributed by atoms with van der Waals surface area (Å²) in [7, 11) is 2.05. The van der Waals surface area contributed by atoms with E-state index in [9.17, 15) is 5.26 Å². The van der Waals surface area contributed by atoms with E-state index in [4.69, 9.17) is 0 Å². The lowest BCUT2D eigenvalue weighted by molar-refractivity contribution is 0.424. The Balaban J connectivity index is 2.83. The Morgan fingerprint density at radius 1 is 1.30 bits per heavy atom. The van der Waals surface area contributed by atoms with Gasteiger partial charge >= 0.3 is 0 Å². The molecule has 3 nitrogen and oxygen atoms in total. The first-order valence-electron chi connectivity index (χ1n) is 7.36. The number of hydrogen-bond donors (Lipinski definition) is 1. The van der Waals surface area contributed by atoms with Gasteiger partial charge in [-0.2, -0.15) is 5.26 Å². The summed E-state index contributed by atoms with van der Waals surface area (Å²) in [6.45, 7) is 10.4. The molecule has 0 atom stereocenters. The number of anilines is 1. The van der Waals surface area contributed by atoms with Crippen LogP contribution >= 0.6 is 0 Å². The molecule has 0 amide bonds. The van der Waals surface area contributed by atoms with Crippen LogP contribution in [0.1, 0.15) is 51.7 Å². The second-order valence-electron chi connectivity index (χ2n) is 6.34. The molecule has 0 aliphatic heterocycles. The van der Waals surface area contributed by atoms with Gasteiger partial charge in [0.2, 0.25) is 0 Å². The van der Waals surface area contributed by atoms with E-state index in [1.807, 2.05) is 6.07 Å².